The van der Waals surface area contributed by atoms with E-state index >= 15 is 0 Å². The minimum absolute atomic E-state index is 0.166. The number of ether oxygens (including phenoxy) is 1. The van der Waals surface area contributed by atoms with Gasteiger partial charge in [0, 0.05) is 12.1 Å². The predicted molar refractivity (Wildman–Crippen MR) is 47.4 cm³/mol. The molecule has 0 amide bonds. The Morgan fingerprint density at radius 3 is 1.64 bits per heavy atom. The van der Waals surface area contributed by atoms with E-state index in [1.165, 1.54) is 0 Å². The Morgan fingerprint density at radius 2 is 1.36 bits per heavy atom. The van der Waals surface area contributed by atoms with Crippen LogP contribution in [-0.2, 0) is 4.74 Å². The second-order valence-corrected chi connectivity index (χ2v) is 2.87. The zero-order chi connectivity index (χ0) is 8.69. The van der Waals surface area contributed by atoms with Crippen LogP contribution in [0.1, 0.15) is 26.7 Å². The number of rotatable bonds is 6. The summed E-state index contributed by atoms with van der Waals surface area (Å²) >= 11 is 0. The second kappa shape index (κ2) is 6.58. The molecule has 0 radical (unpaired) electrons. The molecule has 0 aliphatic rings. The highest BCUT2D eigenvalue weighted by Gasteiger charge is 2.01. The first-order valence-electron chi connectivity index (χ1n) is 4.29. The molecular formula is C8H20N2O. The molecular weight excluding hydrogens is 140 g/mol. The molecule has 0 aliphatic heterocycles. The standard InChI is InChI=1S/C8H20N2O/c1-3-7(9)5-11-6-8(10)4-2/h7-8H,3-6,9-10H2,1-2H3/t7-,8-/m0/s1. The molecule has 3 heteroatoms. The Labute approximate surface area is 69.1 Å². The van der Waals surface area contributed by atoms with E-state index in [1.807, 2.05) is 13.8 Å². The maximum Gasteiger partial charge on any atom is 0.0618 e. The smallest absolute Gasteiger partial charge is 0.0618 e. The van der Waals surface area contributed by atoms with Crippen LogP contribution < -0.4 is 11.5 Å². The first kappa shape index (κ1) is 10.9. The fourth-order valence-electron chi connectivity index (χ4n) is 0.606. The average Bonchev–Trinajstić information content (AvgIpc) is 2.04. The molecule has 2 atom stereocenters. The molecule has 0 aliphatic carbocycles. The van der Waals surface area contributed by atoms with Gasteiger partial charge in [0.1, 0.15) is 0 Å². The van der Waals surface area contributed by atoms with Crippen molar-refractivity contribution in [3.63, 3.8) is 0 Å². The number of hydrogen-bond donors (Lipinski definition) is 2. The molecule has 0 saturated carbocycles. The van der Waals surface area contributed by atoms with E-state index in [0.717, 1.165) is 12.8 Å². The highest BCUT2D eigenvalue weighted by molar-refractivity contribution is 4.59. The molecule has 0 saturated heterocycles. The minimum Gasteiger partial charge on any atom is -0.378 e. The summed E-state index contributed by atoms with van der Waals surface area (Å²) in [5, 5.41) is 0. The molecule has 0 spiro atoms. The fourth-order valence-corrected chi connectivity index (χ4v) is 0.606. The summed E-state index contributed by atoms with van der Waals surface area (Å²) in [5.41, 5.74) is 11.3. The van der Waals surface area contributed by atoms with E-state index in [9.17, 15) is 0 Å². The van der Waals surface area contributed by atoms with Gasteiger partial charge in [-0.2, -0.15) is 0 Å². The van der Waals surface area contributed by atoms with E-state index in [0.29, 0.717) is 13.2 Å². The number of nitrogens with two attached hydrogens (primary N) is 2. The van der Waals surface area contributed by atoms with Crippen LogP contribution >= 0.6 is 0 Å². The first-order chi connectivity index (χ1) is 5.20. The lowest BCUT2D eigenvalue weighted by Gasteiger charge is -2.12. The maximum absolute atomic E-state index is 5.63. The largest absolute Gasteiger partial charge is 0.378 e. The van der Waals surface area contributed by atoms with Gasteiger partial charge in [0.05, 0.1) is 13.2 Å². The van der Waals surface area contributed by atoms with E-state index in [-0.39, 0.29) is 12.1 Å². The van der Waals surface area contributed by atoms with Gasteiger partial charge in [0.25, 0.3) is 0 Å². The van der Waals surface area contributed by atoms with Gasteiger partial charge in [0.15, 0.2) is 0 Å². The van der Waals surface area contributed by atoms with Crippen LogP contribution in [0.4, 0.5) is 0 Å². The predicted octanol–water partition coefficient (Wildman–Crippen LogP) is 0.478. The zero-order valence-electron chi connectivity index (χ0n) is 7.55. The molecule has 3 nitrogen and oxygen atoms in total. The summed E-state index contributed by atoms with van der Waals surface area (Å²) in [6.07, 6.45) is 1.92. The van der Waals surface area contributed by atoms with Gasteiger partial charge in [-0.3, -0.25) is 0 Å². The quantitative estimate of drug-likeness (QED) is 0.594. The summed E-state index contributed by atoms with van der Waals surface area (Å²) in [4.78, 5) is 0. The van der Waals surface area contributed by atoms with Crippen LogP contribution in [0.2, 0.25) is 0 Å². The van der Waals surface area contributed by atoms with Gasteiger partial charge in [-0.25, -0.2) is 0 Å². The first-order valence-corrected chi connectivity index (χ1v) is 4.29. The van der Waals surface area contributed by atoms with E-state index < -0.39 is 0 Å². The van der Waals surface area contributed by atoms with Crippen LogP contribution in [0.25, 0.3) is 0 Å². The van der Waals surface area contributed by atoms with Crippen molar-refractivity contribution < 1.29 is 4.74 Å². The SMILES string of the molecule is CC[C@H](N)COC[C@@H](N)CC. The van der Waals surface area contributed by atoms with Crippen molar-refractivity contribution in [3.05, 3.63) is 0 Å². The van der Waals surface area contributed by atoms with Gasteiger partial charge in [0.2, 0.25) is 0 Å². The lowest BCUT2D eigenvalue weighted by atomic mass is 10.2. The maximum atomic E-state index is 5.63. The average molecular weight is 160 g/mol. The molecule has 68 valence electrons. The molecule has 0 aromatic heterocycles. The van der Waals surface area contributed by atoms with Crippen molar-refractivity contribution in [1.82, 2.24) is 0 Å². The van der Waals surface area contributed by atoms with Gasteiger partial charge >= 0.3 is 0 Å². The van der Waals surface area contributed by atoms with Gasteiger partial charge in [-0.05, 0) is 12.8 Å². The van der Waals surface area contributed by atoms with Crippen molar-refractivity contribution in [3.8, 4) is 0 Å². The molecule has 4 N–H and O–H groups in total. The molecule has 0 aromatic carbocycles. The third-order valence-corrected chi connectivity index (χ3v) is 1.71. The molecule has 0 aromatic rings. The van der Waals surface area contributed by atoms with Crippen LogP contribution in [0.15, 0.2) is 0 Å². The van der Waals surface area contributed by atoms with Gasteiger partial charge < -0.3 is 16.2 Å². The normalized spacial score (nSPS) is 16.4. The summed E-state index contributed by atoms with van der Waals surface area (Å²) in [7, 11) is 0. The zero-order valence-corrected chi connectivity index (χ0v) is 7.55. The Hall–Kier alpha value is -0.120. The van der Waals surface area contributed by atoms with Crippen molar-refractivity contribution >= 4 is 0 Å². The Bertz CT molecular complexity index is 78.2. The minimum atomic E-state index is 0.166. The molecule has 0 rings (SSSR count). The summed E-state index contributed by atoms with van der Waals surface area (Å²) in [5.74, 6) is 0. The summed E-state index contributed by atoms with van der Waals surface area (Å²) < 4.78 is 5.29. The Kier molecular flexibility index (Phi) is 6.51. The second-order valence-electron chi connectivity index (χ2n) is 2.87. The lowest BCUT2D eigenvalue weighted by Crippen LogP contribution is -2.30. The van der Waals surface area contributed by atoms with E-state index in [1.54, 1.807) is 0 Å². The van der Waals surface area contributed by atoms with Crippen molar-refractivity contribution in [1.29, 1.82) is 0 Å². The van der Waals surface area contributed by atoms with Crippen molar-refractivity contribution in [2.24, 2.45) is 11.5 Å². The molecule has 0 bridgehead atoms. The van der Waals surface area contributed by atoms with Crippen LogP contribution in [0, 0.1) is 0 Å². The molecule has 0 unspecified atom stereocenters. The van der Waals surface area contributed by atoms with Gasteiger partial charge in [-0.15, -0.1) is 0 Å². The number of hydrogen-bond acceptors (Lipinski definition) is 3. The third-order valence-electron chi connectivity index (χ3n) is 1.71. The third kappa shape index (κ3) is 6.28. The summed E-state index contributed by atoms with van der Waals surface area (Å²) in [6, 6.07) is 0.332. The molecule has 0 heterocycles. The van der Waals surface area contributed by atoms with Gasteiger partial charge in [-0.1, -0.05) is 13.8 Å². The van der Waals surface area contributed by atoms with Crippen LogP contribution in [0.5, 0.6) is 0 Å². The fraction of sp³-hybridized carbons (Fsp3) is 1.00. The van der Waals surface area contributed by atoms with Crippen LogP contribution in [-0.4, -0.2) is 25.3 Å². The Balaban J connectivity index is 3.13. The van der Waals surface area contributed by atoms with E-state index in [4.69, 9.17) is 16.2 Å². The molecule has 11 heavy (non-hydrogen) atoms. The van der Waals surface area contributed by atoms with Crippen molar-refractivity contribution in [2.45, 2.75) is 38.8 Å². The lowest BCUT2D eigenvalue weighted by molar-refractivity contribution is 0.107. The summed E-state index contributed by atoms with van der Waals surface area (Å²) in [6.45, 7) is 5.36. The van der Waals surface area contributed by atoms with E-state index in [2.05, 4.69) is 0 Å². The molecule has 0 fully saturated rings. The Morgan fingerprint density at radius 1 is 1.00 bits per heavy atom. The van der Waals surface area contributed by atoms with Crippen molar-refractivity contribution in [2.75, 3.05) is 13.2 Å². The topological polar surface area (TPSA) is 61.3 Å². The monoisotopic (exact) mass is 160 g/mol. The highest BCUT2D eigenvalue weighted by Crippen LogP contribution is 1.91. The van der Waals surface area contributed by atoms with Crippen LogP contribution in [0.3, 0.4) is 0 Å². The highest BCUT2D eigenvalue weighted by atomic mass is 16.5.